The Balaban J connectivity index is 0. The zero-order valence-corrected chi connectivity index (χ0v) is 14.1. The van der Waals surface area contributed by atoms with Gasteiger partial charge in [0.2, 0.25) is 0 Å². The average molecular weight is 362 g/mol. The Hall–Kier alpha value is -2.26. The summed E-state index contributed by atoms with van der Waals surface area (Å²) in [4.78, 5) is 40.1. The molecule has 9 heteroatoms. The molecule has 4 N–H and O–H groups in total. The summed E-state index contributed by atoms with van der Waals surface area (Å²) in [6, 6.07) is 0. The van der Waals surface area contributed by atoms with Crippen LogP contribution in [0.2, 0.25) is 0 Å². The second kappa shape index (κ2) is 18.1. The van der Waals surface area contributed by atoms with Crippen LogP contribution in [0.5, 0.6) is 0 Å². The van der Waals surface area contributed by atoms with E-state index in [4.69, 9.17) is 20.4 Å². The number of cyclic esters (lactones) is 2. The minimum absolute atomic E-state index is 0.125. The number of ether oxygens (including phenoxy) is 1. The van der Waals surface area contributed by atoms with Gasteiger partial charge in [-0.2, -0.15) is 0 Å². The van der Waals surface area contributed by atoms with Gasteiger partial charge in [0.15, 0.2) is 0 Å². The molecule has 0 aromatic rings. The molecule has 0 unspecified atom stereocenters. The normalized spacial score (nSPS) is 11.8. The molecule has 0 saturated carbocycles. The number of esters is 2. The summed E-state index contributed by atoms with van der Waals surface area (Å²) in [6.45, 7) is -0.250. The van der Waals surface area contributed by atoms with Crippen molar-refractivity contribution in [1.29, 1.82) is 0 Å². The van der Waals surface area contributed by atoms with Gasteiger partial charge in [-0.05, 0) is 12.8 Å². The molecule has 1 aliphatic rings. The maximum absolute atomic E-state index is 10.1. The van der Waals surface area contributed by atoms with Gasteiger partial charge in [-0.15, -0.1) is 0 Å². The van der Waals surface area contributed by atoms with E-state index in [0.717, 1.165) is 50.7 Å². The third kappa shape index (κ3) is 24.1. The minimum Gasteiger partial charge on any atom is -0.481 e. The van der Waals surface area contributed by atoms with Gasteiger partial charge in [-0.1, -0.05) is 25.7 Å². The number of aliphatic hydroxyl groups is 2. The van der Waals surface area contributed by atoms with E-state index >= 15 is 0 Å². The maximum Gasteiger partial charge on any atom is 0.338 e. The van der Waals surface area contributed by atoms with Crippen molar-refractivity contribution in [2.45, 2.75) is 51.4 Å². The van der Waals surface area contributed by atoms with Crippen LogP contribution in [0.4, 0.5) is 0 Å². The lowest BCUT2D eigenvalue weighted by Crippen LogP contribution is -1.96. The first-order valence-corrected chi connectivity index (χ1v) is 7.92. The third-order valence-electron chi connectivity index (χ3n) is 2.69. The Kier molecular flexibility index (Phi) is 18.1. The number of carboxylic acids is 2. The molecule has 0 aromatic carbocycles. The number of carbonyl (C=O) groups excluding carboxylic acids is 2. The van der Waals surface area contributed by atoms with E-state index in [9.17, 15) is 19.2 Å². The van der Waals surface area contributed by atoms with E-state index < -0.39 is 23.9 Å². The summed E-state index contributed by atoms with van der Waals surface area (Å²) in [5, 5.41) is 32.0. The smallest absolute Gasteiger partial charge is 0.338 e. The lowest BCUT2D eigenvalue weighted by molar-refractivity contribution is -0.150. The highest BCUT2D eigenvalue weighted by Gasteiger charge is 2.10. The molecule has 1 aliphatic heterocycles. The molecule has 0 atom stereocenters. The molecule has 9 nitrogen and oxygen atoms in total. The molecule has 0 aliphatic carbocycles. The van der Waals surface area contributed by atoms with Crippen molar-refractivity contribution >= 4 is 23.9 Å². The van der Waals surface area contributed by atoms with Crippen molar-refractivity contribution < 1.29 is 44.3 Å². The number of carbonyl (C=O) groups is 4. The zero-order valence-electron chi connectivity index (χ0n) is 14.1. The lowest BCUT2D eigenvalue weighted by atomic mass is 10.1. The van der Waals surface area contributed by atoms with Crippen LogP contribution in [0.1, 0.15) is 51.4 Å². The highest BCUT2D eigenvalue weighted by atomic mass is 16.6. The molecule has 0 radical (unpaired) electrons. The Bertz CT molecular complexity index is 391. The van der Waals surface area contributed by atoms with Crippen molar-refractivity contribution in [3.8, 4) is 0 Å². The average Bonchev–Trinajstić information content (AvgIpc) is 2.93. The molecule has 0 amide bonds. The molecule has 0 fully saturated rings. The van der Waals surface area contributed by atoms with Gasteiger partial charge in [0, 0.05) is 25.0 Å². The van der Waals surface area contributed by atoms with Gasteiger partial charge in [0.25, 0.3) is 0 Å². The van der Waals surface area contributed by atoms with Crippen LogP contribution < -0.4 is 0 Å². The van der Waals surface area contributed by atoms with Crippen molar-refractivity contribution in [1.82, 2.24) is 0 Å². The largest absolute Gasteiger partial charge is 0.481 e. The molecular formula is C16H26O9. The molecule has 144 valence electrons. The van der Waals surface area contributed by atoms with Gasteiger partial charge in [0.05, 0.1) is 13.2 Å². The molecule has 1 heterocycles. The molecule has 0 bridgehead atoms. The minimum atomic E-state index is -0.740. The molecule has 25 heavy (non-hydrogen) atoms. The van der Waals surface area contributed by atoms with E-state index in [1.165, 1.54) is 0 Å². The number of unbranched alkanes of at least 4 members (excludes halogenated alkanes) is 5. The molecular weight excluding hydrogens is 336 g/mol. The molecule has 1 rings (SSSR count). The maximum atomic E-state index is 10.1. The summed E-state index contributed by atoms with van der Waals surface area (Å²) >= 11 is 0. The van der Waals surface area contributed by atoms with E-state index in [-0.39, 0.29) is 26.1 Å². The number of hydrogen-bond donors (Lipinski definition) is 4. The number of rotatable bonds is 10. The second-order valence-corrected chi connectivity index (χ2v) is 4.93. The van der Waals surface area contributed by atoms with Gasteiger partial charge >= 0.3 is 23.9 Å². The fourth-order valence-corrected chi connectivity index (χ4v) is 1.56. The number of aliphatic carboxylic acids is 2. The highest BCUT2D eigenvalue weighted by Crippen LogP contribution is 2.08. The zero-order chi connectivity index (χ0) is 19.5. The van der Waals surface area contributed by atoms with Crippen molar-refractivity contribution in [2.75, 3.05) is 13.2 Å². The predicted octanol–water partition coefficient (Wildman–Crippen LogP) is 0.873. The molecule has 0 aromatic heterocycles. The Morgan fingerprint density at radius 3 is 1.24 bits per heavy atom. The van der Waals surface area contributed by atoms with Crippen LogP contribution in [-0.4, -0.2) is 57.5 Å². The number of aliphatic hydroxyl groups excluding tert-OH is 2. The Morgan fingerprint density at radius 1 is 0.720 bits per heavy atom. The first kappa shape index (κ1) is 25.0. The summed E-state index contributed by atoms with van der Waals surface area (Å²) in [6.07, 6.45) is 8.00. The van der Waals surface area contributed by atoms with Crippen molar-refractivity contribution in [2.24, 2.45) is 0 Å². The van der Waals surface area contributed by atoms with Gasteiger partial charge < -0.3 is 25.2 Å². The van der Waals surface area contributed by atoms with Gasteiger partial charge in [-0.25, -0.2) is 9.59 Å². The topological polar surface area (TPSA) is 158 Å². The van der Waals surface area contributed by atoms with E-state index in [1.54, 1.807) is 0 Å². The first-order chi connectivity index (χ1) is 11.8. The van der Waals surface area contributed by atoms with Crippen LogP contribution in [0.15, 0.2) is 12.2 Å². The molecule has 0 spiro atoms. The van der Waals surface area contributed by atoms with Gasteiger partial charge in [-0.3, -0.25) is 9.59 Å². The van der Waals surface area contributed by atoms with E-state index in [2.05, 4.69) is 4.74 Å². The standard InChI is InChI=1S/C10H18O4.C4H2O3.C2H6O2/c11-9(12)7-5-3-1-2-4-6-8-10(13)14;5-3-1-2-4(6)7-3;3-1-2-4/h1-8H2,(H,11,12)(H,13,14);1-2H;3-4H,1-2H2. The monoisotopic (exact) mass is 362 g/mol. The number of carboxylic acid groups (broad SMARTS) is 2. The van der Waals surface area contributed by atoms with E-state index in [1.807, 2.05) is 0 Å². The van der Waals surface area contributed by atoms with Crippen molar-refractivity contribution in [3.05, 3.63) is 12.2 Å². The quantitative estimate of drug-likeness (QED) is 0.251. The fraction of sp³-hybridized carbons (Fsp3) is 0.625. The van der Waals surface area contributed by atoms with E-state index in [0.29, 0.717) is 0 Å². The van der Waals surface area contributed by atoms with Crippen LogP contribution in [-0.2, 0) is 23.9 Å². The van der Waals surface area contributed by atoms with Crippen LogP contribution in [0.3, 0.4) is 0 Å². The summed E-state index contributed by atoms with van der Waals surface area (Å²) in [5.74, 6) is -2.64. The summed E-state index contributed by atoms with van der Waals surface area (Å²) in [7, 11) is 0. The predicted molar refractivity (Wildman–Crippen MR) is 86.6 cm³/mol. The lowest BCUT2D eigenvalue weighted by Gasteiger charge is -1.98. The summed E-state index contributed by atoms with van der Waals surface area (Å²) in [5.41, 5.74) is 0. The Labute approximate surface area is 145 Å². The highest BCUT2D eigenvalue weighted by molar-refractivity contribution is 6.04. The SMILES string of the molecule is O=C(O)CCCCCCCCC(=O)O.O=C1C=CC(=O)O1.OCCO. The summed E-state index contributed by atoms with van der Waals surface area (Å²) < 4.78 is 3.97. The van der Waals surface area contributed by atoms with Crippen LogP contribution in [0.25, 0.3) is 0 Å². The Morgan fingerprint density at radius 2 is 1.04 bits per heavy atom. The van der Waals surface area contributed by atoms with Crippen LogP contribution >= 0.6 is 0 Å². The number of hydrogen-bond acceptors (Lipinski definition) is 7. The van der Waals surface area contributed by atoms with Crippen LogP contribution in [0, 0.1) is 0 Å². The fourth-order valence-electron chi connectivity index (χ4n) is 1.56. The first-order valence-electron chi connectivity index (χ1n) is 7.92. The van der Waals surface area contributed by atoms with Gasteiger partial charge in [0.1, 0.15) is 0 Å². The second-order valence-electron chi connectivity index (χ2n) is 4.93. The van der Waals surface area contributed by atoms with Crippen molar-refractivity contribution in [3.63, 3.8) is 0 Å². The third-order valence-corrected chi connectivity index (χ3v) is 2.69. The molecule has 0 saturated heterocycles.